The number of nitrogens with zero attached hydrogens (tertiary/aromatic N) is 1. The summed E-state index contributed by atoms with van der Waals surface area (Å²) in [5.41, 5.74) is 1.11. The molecule has 0 bridgehead atoms. The smallest absolute Gasteiger partial charge is 0.309 e. The lowest BCUT2D eigenvalue weighted by molar-refractivity contribution is -0.139. The molecule has 0 spiro atoms. The highest BCUT2D eigenvalue weighted by Crippen LogP contribution is 2.24. The van der Waals surface area contributed by atoms with E-state index in [1.165, 1.54) is 0 Å². The van der Waals surface area contributed by atoms with E-state index in [0.29, 0.717) is 19.0 Å². The number of halogens is 2. The first-order chi connectivity index (χ1) is 15.3. The monoisotopic (exact) mass is 467 g/mol. The second kappa shape index (κ2) is 10.6. The van der Waals surface area contributed by atoms with Crippen LogP contribution in [0, 0.1) is 11.6 Å². The molecule has 0 radical (unpaired) electrons. The third kappa shape index (κ3) is 5.87. The third-order valence-corrected chi connectivity index (χ3v) is 6.74. The lowest BCUT2D eigenvalue weighted by atomic mass is 10.1. The Labute approximate surface area is 184 Å². The van der Waals surface area contributed by atoms with Gasteiger partial charge in [0.1, 0.15) is 22.8 Å². The van der Waals surface area contributed by atoms with Crippen molar-refractivity contribution in [2.24, 2.45) is 0 Å². The van der Waals surface area contributed by atoms with Crippen molar-refractivity contribution in [1.29, 1.82) is 0 Å². The zero-order chi connectivity index (χ0) is 23.1. The predicted molar refractivity (Wildman–Crippen MR) is 111 cm³/mol. The predicted octanol–water partition coefficient (Wildman–Crippen LogP) is 1.18. The number of hydrogen-bond donors (Lipinski definition) is 2. The standard InChI is InChI=1S/C21H23F2N3O5S/c22-16-8-9-17(23)18(13-16)32(29,30)26-11-12-31-19(26)14-25-21(28)20(27)24-10-4-7-15-5-2-1-3-6-15/h1-3,5-6,8-9,13,19H,4,7,10-12,14H2,(H,24,27)(H,25,28)/t19-/m0/s1. The Kier molecular flexibility index (Phi) is 7.89. The summed E-state index contributed by atoms with van der Waals surface area (Å²) in [4.78, 5) is 23.2. The molecule has 1 saturated heterocycles. The minimum Gasteiger partial charge on any atom is -0.359 e. The summed E-state index contributed by atoms with van der Waals surface area (Å²) in [5.74, 6) is -3.81. The highest BCUT2D eigenvalue weighted by Gasteiger charge is 2.38. The van der Waals surface area contributed by atoms with Crippen LogP contribution in [0.3, 0.4) is 0 Å². The average Bonchev–Trinajstić information content (AvgIpc) is 3.27. The number of benzene rings is 2. The molecular formula is C21H23F2N3O5S. The molecule has 0 unspecified atom stereocenters. The van der Waals surface area contributed by atoms with Crippen molar-refractivity contribution < 1.29 is 31.5 Å². The van der Waals surface area contributed by atoms with E-state index >= 15 is 0 Å². The van der Waals surface area contributed by atoms with Crippen LogP contribution in [-0.4, -0.2) is 57.0 Å². The van der Waals surface area contributed by atoms with Crippen LogP contribution in [0.1, 0.15) is 12.0 Å². The number of amides is 2. The molecule has 2 aromatic carbocycles. The number of hydrogen-bond acceptors (Lipinski definition) is 5. The van der Waals surface area contributed by atoms with E-state index in [-0.39, 0.29) is 19.7 Å². The van der Waals surface area contributed by atoms with E-state index < -0.39 is 44.6 Å². The fourth-order valence-corrected chi connectivity index (χ4v) is 4.81. The Hall–Kier alpha value is -2.89. The van der Waals surface area contributed by atoms with Crippen molar-refractivity contribution >= 4 is 21.8 Å². The fourth-order valence-electron chi connectivity index (χ4n) is 3.22. The third-order valence-electron chi connectivity index (χ3n) is 4.84. The minimum absolute atomic E-state index is 0.00237. The van der Waals surface area contributed by atoms with E-state index in [1.54, 1.807) is 0 Å². The molecule has 172 valence electrons. The van der Waals surface area contributed by atoms with Crippen molar-refractivity contribution in [3.63, 3.8) is 0 Å². The highest BCUT2D eigenvalue weighted by atomic mass is 32.2. The van der Waals surface area contributed by atoms with Crippen LogP contribution in [0.5, 0.6) is 0 Å². The molecule has 3 rings (SSSR count). The second-order valence-corrected chi connectivity index (χ2v) is 8.93. The summed E-state index contributed by atoms with van der Waals surface area (Å²) in [7, 11) is -4.41. The van der Waals surface area contributed by atoms with Gasteiger partial charge in [-0.05, 0) is 36.6 Å². The first-order valence-electron chi connectivity index (χ1n) is 9.97. The summed E-state index contributed by atoms with van der Waals surface area (Å²) >= 11 is 0. The largest absolute Gasteiger partial charge is 0.359 e. The Balaban J connectivity index is 1.50. The van der Waals surface area contributed by atoms with Gasteiger partial charge in [-0.25, -0.2) is 17.2 Å². The Morgan fingerprint density at radius 2 is 1.78 bits per heavy atom. The van der Waals surface area contributed by atoms with Gasteiger partial charge in [0.15, 0.2) is 0 Å². The highest BCUT2D eigenvalue weighted by molar-refractivity contribution is 7.89. The molecule has 1 atom stereocenters. The molecule has 11 heteroatoms. The Bertz CT molecular complexity index is 1070. The number of carbonyl (C=O) groups excluding carboxylic acids is 2. The first-order valence-corrected chi connectivity index (χ1v) is 11.4. The van der Waals surface area contributed by atoms with E-state index in [4.69, 9.17) is 4.74 Å². The van der Waals surface area contributed by atoms with E-state index in [0.717, 1.165) is 28.4 Å². The van der Waals surface area contributed by atoms with Crippen molar-refractivity contribution in [1.82, 2.24) is 14.9 Å². The van der Waals surface area contributed by atoms with Gasteiger partial charge in [0.05, 0.1) is 13.2 Å². The van der Waals surface area contributed by atoms with Crippen LogP contribution < -0.4 is 10.6 Å². The molecule has 2 N–H and O–H groups in total. The molecule has 1 heterocycles. The zero-order valence-electron chi connectivity index (χ0n) is 17.1. The molecule has 8 nitrogen and oxygen atoms in total. The molecule has 0 aliphatic carbocycles. The van der Waals surface area contributed by atoms with Gasteiger partial charge in [-0.15, -0.1) is 0 Å². The molecule has 32 heavy (non-hydrogen) atoms. The van der Waals surface area contributed by atoms with Gasteiger partial charge in [-0.1, -0.05) is 30.3 Å². The molecule has 1 aliphatic rings. The van der Waals surface area contributed by atoms with E-state index in [2.05, 4.69) is 10.6 Å². The molecule has 2 aromatic rings. The summed E-state index contributed by atoms with van der Waals surface area (Å²) in [6.07, 6.45) is 0.222. The molecular weight excluding hydrogens is 444 g/mol. The number of nitrogens with one attached hydrogen (secondary N) is 2. The lowest BCUT2D eigenvalue weighted by Crippen LogP contribution is -2.47. The normalized spacial score (nSPS) is 16.6. The molecule has 1 aliphatic heterocycles. The minimum atomic E-state index is -4.41. The fraction of sp³-hybridized carbons (Fsp3) is 0.333. The maximum Gasteiger partial charge on any atom is 0.309 e. The molecule has 0 aromatic heterocycles. The van der Waals surface area contributed by atoms with Crippen molar-refractivity contribution in [2.45, 2.75) is 24.0 Å². The molecule has 2 amide bonds. The number of aryl methyl sites for hydroxylation is 1. The van der Waals surface area contributed by atoms with Crippen LogP contribution in [0.4, 0.5) is 8.78 Å². The second-order valence-electron chi connectivity index (χ2n) is 7.07. The number of carbonyl (C=O) groups is 2. The van der Waals surface area contributed by atoms with Crippen molar-refractivity contribution in [2.75, 3.05) is 26.2 Å². The summed E-state index contributed by atoms with van der Waals surface area (Å²) in [6.45, 7) is -0.139. The maximum absolute atomic E-state index is 14.0. The topological polar surface area (TPSA) is 105 Å². The van der Waals surface area contributed by atoms with Gasteiger partial charge in [-0.3, -0.25) is 9.59 Å². The number of sulfonamides is 1. The Morgan fingerprint density at radius 1 is 1.06 bits per heavy atom. The van der Waals surface area contributed by atoms with Crippen molar-refractivity contribution in [3.05, 3.63) is 65.7 Å². The van der Waals surface area contributed by atoms with Crippen molar-refractivity contribution in [3.8, 4) is 0 Å². The first kappa shape index (κ1) is 23.8. The van der Waals surface area contributed by atoms with Gasteiger partial charge in [0, 0.05) is 13.1 Å². The van der Waals surface area contributed by atoms with Crippen LogP contribution in [0.15, 0.2) is 53.4 Å². The van der Waals surface area contributed by atoms with Gasteiger partial charge < -0.3 is 15.4 Å². The summed E-state index contributed by atoms with van der Waals surface area (Å²) < 4.78 is 59.0. The summed E-state index contributed by atoms with van der Waals surface area (Å²) in [6, 6.07) is 11.8. The van der Waals surface area contributed by atoms with Crippen LogP contribution in [0.2, 0.25) is 0 Å². The number of ether oxygens (including phenoxy) is 1. The van der Waals surface area contributed by atoms with Crippen LogP contribution in [0.25, 0.3) is 0 Å². The van der Waals surface area contributed by atoms with Crippen LogP contribution >= 0.6 is 0 Å². The van der Waals surface area contributed by atoms with Gasteiger partial charge in [-0.2, -0.15) is 4.31 Å². The average molecular weight is 467 g/mol. The van der Waals surface area contributed by atoms with E-state index in [1.807, 2.05) is 30.3 Å². The maximum atomic E-state index is 14.0. The van der Waals surface area contributed by atoms with Gasteiger partial charge in [0.2, 0.25) is 10.0 Å². The molecule has 1 fully saturated rings. The SMILES string of the molecule is O=C(NCCCc1ccccc1)C(=O)NC[C@@H]1OCCN1S(=O)(=O)c1cc(F)ccc1F. The Morgan fingerprint density at radius 3 is 2.53 bits per heavy atom. The zero-order valence-corrected chi connectivity index (χ0v) is 17.9. The molecule has 0 saturated carbocycles. The van der Waals surface area contributed by atoms with Crippen LogP contribution in [-0.2, 0) is 30.8 Å². The van der Waals surface area contributed by atoms with Gasteiger partial charge in [0.25, 0.3) is 0 Å². The quantitative estimate of drug-likeness (QED) is 0.448. The van der Waals surface area contributed by atoms with Gasteiger partial charge >= 0.3 is 11.8 Å². The number of rotatable bonds is 8. The lowest BCUT2D eigenvalue weighted by Gasteiger charge is -2.23. The summed E-state index contributed by atoms with van der Waals surface area (Å²) in [5, 5.41) is 4.81. The van der Waals surface area contributed by atoms with E-state index in [9.17, 15) is 26.8 Å².